The van der Waals surface area contributed by atoms with E-state index in [0.29, 0.717) is 54.2 Å². The van der Waals surface area contributed by atoms with Crippen molar-refractivity contribution in [3.05, 3.63) is 73.6 Å². The third kappa shape index (κ3) is 4.03. The van der Waals surface area contributed by atoms with Gasteiger partial charge in [0.1, 0.15) is 5.69 Å². The van der Waals surface area contributed by atoms with Crippen molar-refractivity contribution in [1.29, 1.82) is 0 Å². The quantitative estimate of drug-likeness (QED) is 0.432. The minimum atomic E-state index is -0.453. The van der Waals surface area contributed by atoms with E-state index in [1.807, 2.05) is 11.8 Å². The molecule has 1 amide bonds. The number of nitrogens with zero attached hydrogens (tertiary/aromatic N) is 5. The Morgan fingerprint density at radius 1 is 1.12 bits per heavy atom. The third-order valence-electron chi connectivity index (χ3n) is 5.55. The first-order valence-corrected chi connectivity index (χ1v) is 10.8. The van der Waals surface area contributed by atoms with Crippen LogP contribution in [-0.2, 0) is 6.54 Å². The van der Waals surface area contributed by atoms with Crippen molar-refractivity contribution in [2.75, 3.05) is 31.1 Å². The number of hydrogen-bond acceptors (Lipinski definition) is 6. The van der Waals surface area contributed by atoms with Crippen LogP contribution in [0.15, 0.2) is 47.3 Å². The fourth-order valence-corrected chi connectivity index (χ4v) is 4.13. The molecule has 0 atom stereocenters. The molecule has 9 nitrogen and oxygen atoms in total. The van der Waals surface area contributed by atoms with Gasteiger partial charge in [0.15, 0.2) is 5.69 Å². The zero-order chi connectivity index (χ0) is 22.8. The molecule has 0 radical (unpaired) electrons. The van der Waals surface area contributed by atoms with Gasteiger partial charge in [0, 0.05) is 49.2 Å². The molecule has 1 aliphatic heterocycles. The number of amides is 1. The number of hydrogen-bond donors (Lipinski definition) is 0. The summed E-state index contributed by atoms with van der Waals surface area (Å²) in [6.45, 7) is 3.99. The van der Waals surface area contributed by atoms with Crippen LogP contribution >= 0.6 is 11.6 Å². The Morgan fingerprint density at radius 3 is 2.47 bits per heavy atom. The van der Waals surface area contributed by atoms with Gasteiger partial charge in [-0.05, 0) is 24.6 Å². The van der Waals surface area contributed by atoms with Gasteiger partial charge in [-0.15, -0.1) is 0 Å². The van der Waals surface area contributed by atoms with Crippen LogP contribution in [0.2, 0.25) is 5.02 Å². The molecule has 166 valence electrons. The maximum Gasteiger partial charge on any atom is 0.294 e. The van der Waals surface area contributed by atoms with Gasteiger partial charge in [-0.3, -0.25) is 19.7 Å². The predicted molar refractivity (Wildman–Crippen MR) is 123 cm³/mol. The first kappa shape index (κ1) is 21.8. The standard InChI is InChI=1S/C22H22ClN5O4/c1-2-9-27-21(29)17-6-4-3-5-16(17)20(24-27)22(30)26-12-10-25(11-13-26)18-8-7-15(23)14-19(18)28(31)32/h3-8,14H,2,9-13H2,1H3. The van der Waals surface area contributed by atoms with Crippen molar-refractivity contribution in [1.82, 2.24) is 14.7 Å². The van der Waals surface area contributed by atoms with Gasteiger partial charge in [-0.25, -0.2) is 4.68 Å². The fraction of sp³-hybridized carbons (Fsp3) is 0.318. The van der Waals surface area contributed by atoms with Gasteiger partial charge in [0.2, 0.25) is 0 Å². The number of carbonyl (C=O) groups excluding carboxylic acids is 1. The lowest BCUT2D eigenvalue weighted by Crippen LogP contribution is -2.49. The Kier molecular flexibility index (Phi) is 6.09. The summed E-state index contributed by atoms with van der Waals surface area (Å²) in [5.74, 6) is -0.253. The van der Waals surface area contributed by atoms with Crippen LogP contribution in [0.5, 0.6) is 0 Å². The summed E-state index contributed by atoms with van der Waals surface area (Å²) < 4.78 is 1.35. The third-order valence-corrected chi connectivity index (χ3v) is 5.78. The average molecular weight is 456 g/mol. The molecule has 10 heteroatoms. The second kappa shape index (κ2) is 8.96. The fourth-order valence-electron chi connectivity index (χ4n) is 3.97. The first-order chi connectivity index (χ1) is 15.4. The van der Waals surface area contributed by atoms with Crippen molar-refractivity contribution in [3.8, 4) is 0 Å². The minimum Gasteiger partial charge on any atom is -0.362 e. The van der Waals surface area contributed by atoms with E-state index >= 15 is 0 Å². The zero-order valence-corrected chi connectivity index (χ0v) is 18.3. The minimum absolute atomic E-state index is 0.0587. The van der Waals surface area contributed by atoms with Crippen LogP contribution in [0.1, 0.15) is 23.8 Å². The number of aryl methyl sites for hydroxylation is 1. The summed E-state index contributed by atoms with van der Waals surface area (Å²) in [7, 11) is 0. The summed E-state index contributed by atoms with van der Waals surface area (Å²) >= 11 is 5.92. The highest BCUT2D eigenvalue weighted by Crippen LogP contribution is 2.31. The molecule has 4 rings (SSSR count). The molecule has 3 aromatic rings. The molecule has 0 unspecified atom stereocenters. The Bertz CT molecular complexity index is 1250. The highest BCUT2D eigenvalue weighted by Gasteiger charge is 2.28. The number of halogens is 1. The van der Waals surface area contributed by atoms with Gasteiger partial charge in [-0.1, -0.05) is 36.7 Å². The van der Waals surface area contributed by atoms with E-state index in [4.69, 9.17) is 11.6 Å². The van der Waals surface area contributed by atoms with Crippen molar-refractivity contribution in [2.45, 2.75) is 19.9 Å². The molecule has 0 aliphatic carbocycles. The van der Waals surface area contributed by atoms with Crippen LogP contribution in [0.3, 0.4) is 0 Å². The second-order valence-corrected chi connectivity index (χ2v) is 8.03. The summed E-state index contributed by atoms with van der Waals surface area (Å²) in [4.78, 5) is 40.6. The molecule has 1 aromatic heterocycles. The lowest BCUT2D eigenvalue weighted by atomic mass is 10.1. The maximum atomic E-state index is 13.3. The van der Waals surface area contributed by atoms with Crippen molar-refractivity contribution in [3.63, 3.8) is 0 Å². The van der Waals surface area contributed by atoms with Crippen LogP contribution in [0, 0.1) is 10.1 Å². The van der Waals surface area contributed by atoms with E-state index < -0.39 is 4.92 Å². The lowest BCUT2D eigenvalue weighted by Gasteiger charge is -2.35. The number of anilines is 1. The highest BCUT2D eigenvalue weighted by molar-refractivity contribution is 6.30. The molecule has 0 saturated carbocycles. The Morgan fingerprint density at radius 2 is 1.81 bits per heavy atom. The molecule has 1 fully saturated rings. The highest BCUT2D eigenvalue weighted by atomic mass is 35.5. The van der Waals surface area contributed by atoms with Crippen molar-refractivity contribution < 1.29 is 9.72 Å². The van der Waals surface area contributed by atoms with Gasteiger partial charge in [0.25, 0.3) is 17.2 Å². The van der Waals surface area contributed by atoms with Gasteiger partial charge >= 0.3 is 0 Å². The molecule has 32 heavy (non-hydrogen) atoms. The normalized spacial score (nSPS) is 14.1. The number of rotatable bonds is 5. The van der Waals surface area contributed by atoms with E-state index in [9.17, 15) is 19.7 Å². The molecule has 0 N–H and O–H groups in total. The Hall–Kier alpha value is -3.46. The van der Waals surface area contributed by atoms with Crippen molar-refractivity contribution >= 4 is 39.7 Å². The molecule has 0 spiro atoms. The van der Waals surface area contributed by atoms with Gasteiger partial charge < -0.3 is 9.80 Å². The summed E-state index contributed by atoms with van der Waals surface area (Å²) in [5.41, 5.74) is 0.460. The number of nitro benzene ring substituents is 1. The molecule has 2 aromatic carbocycles. The number of carbonyl (C=O) groups is 1. The SMILES string of the molecule is CCCn1nc(C(=O)N2CCN(c3ccc(Cl)cc3[N+](=O)[O-])CC2)c2ccccc2c1=O. The van der Waals surface area contributed by atoms with Gasteiger partial charge in [0.05, 0.1) is 10.3 Å². The largest absolute Gasteiger partial charge is 0.362 e. The average Bonchev–Trinajstić information content (AvgIpc) is 2.80. The van der Waals surface area contributed by atoms with Gasteiger partial charge in [-0.2, -0.15) is 5.10 Å². The number of nitro groups is 1. The Balaban J connectivity index is 1.60. The smallest absolute Gasteiger partial charge is 0.294 e. The molecular weight excluding hydrogens is 434 g/mol. The monoisotopic (exact) mass is 455 g/mol. The summed E-state index contributed by atoms with van der Waals surface area (Å²) in [6, 6.07) is 11.6. The van der Waals surface area contributed by atoms with Crippen molar-refractivity contribution in [2.24, 2.45) is 0 Å². The molecule has 1 saturated heterocycles. The van der Waals surface area contributed by atoms with E-state index in [1.165, 1.54) is 10.7 Å². The van der Waals surface area contributed by atoms with Crippen LogP contribution in [0.25, 0.3) is 10.8 Å². The predicted octanol–water partition coefficient (Wildman–Crippen LogP) is 3.33. The molecule has 2 heterocycles. The maximum absolute atomic E-state index is 13.3. The van der Waals surface area contributed by atoms with E-state index in [0.717, 1.165) is 6.42 Å². The number of piperazine rings is 1. The molecule has 0 bridgehead atoms. The second-order valence-electron chi connectivity index (χ2n) is 7.59. The zero-order valence-electron chi connectivity index (χ0n) is 17.5. The van der Waals surface area contributed by atoms with Crippen LogP contribution in [0.4, 0.5) is 11.4 Å². The number of aromatic nitrogens is 2. The van der Waals surface area contributed by atoms with E-state index in [-0.39, 0.29) is 22.8 Å². The number of fused-ring (bicyclic) bond motifs is 1. The summed E-state index contributed by atoms with van der Waals surface area (Å²) in [6.07, 6.45) is 0.720. The topological polar surface area (TPSA) is 102 Å². The van der Waals surface area contributed by atoms with E-state index in [1.54, 1.807) is 41.3 Å². The summed E-state index contributed by atoms with van der Waals surface area (Å²) in [5, 5.41) is 17.1. The van der Waals surface area contributed by atoms with Crippen LogP contribution in [-0.4, -0.2) is 51.7 Å². The lowest BCUT2D eigenvalue weighted by molar-refractivity contribution is -0.384. The molecule has 1 aliphatic rings. The molecular formula is C22H22ClN5O4. The number of benzene rings is 2. The Labute approximate surface area is 189 Å². The van der Waals surface area contributed by atoms with Crippen LogP contribution < -0.4 is 10.5 Å². The van der Waals surface area contributed by atoms with E-state index in [2.05, 4.69) is 5.10 Å². The first-order valence-electron chi connectivity index (χ1n) is 10.4.